The van der Waals surface area contributed by atoms with Gasteiger partial charge < -0.3 is 19.4 Å². The zero-order valence-corrected chi connectivity index (χ0v) is 15.1. The third-order valence-corrected chi connectivity index (χ3v) is 3.38. The van der Waals surface area contributed by atoms with E-state index in [0.717, 1.165) is 17.1 Å². The Kier molecular flexibility index (Phi) is 7.12. The lowest BCUT2D eigenvalue weighted by atomic mass is 10.2. The summed E-state index contributed by atoms with van der Waals surface area (Å²) in [6, 6.07) is 9.04. The second-order valence-corrected chi connectivity index (χ2v) is 5.64. The Labute approximate surface area is 162 Å². The Morgan fingerprint density at radius 3 is 2.52 bits per heavy atom. The molecule has 8 nitrogen and oxygen atoms in total. The van der Waals surface area contributed by atoms with Crippen molar-refractivity contribution >= 4 is 11.9 Å². The number of pyridine rings is 1. The van der Waals surface area contributed by atoms with Crippen molar-refractivity contribution in [2.45, 2.75) is 19.5 Å². The number of carbonyl (C=O) groups excluding carboxylic acids is 1. The van der Waals surface area contributed by atoms with Crippen LogP contribution in [0.2, 0.25) is 0 Å². The fourth-order valence-corrected chi connectivity index (χ4v) is 2.04. The Balaban J connectivity index is 0.000000370. The van der Waals surface area contributed by atoms with Gasteiger partial charge in [0.1, 0.15) is 11.5 Å². The molecule has 0 aliphatic rings. The summed E-state index contributed by atoms with van der Waals surface area (Å²) in [4.78, 5) is 24.9. The number of aliphatic carboxylic acids is 1. The highest BCUT2D eigenvalue weighted by Gasteiger charge is 2.38. The number of nitrogens with zero attached hydrogens (tertiary/aromatic N) is 2. The molecule has 0 bridgehead atoms. The molecule has 0 aliphatic heterocycles. The van der Waals surface area contributed by atoms with Crippen LogP contribution >= 0.6 is 0 Å². The molecule has 11 heteroatoms. The first kappa shape index (κ1) is 21.7. The molecule has 2 N–H and O–H groups in total. The lowest BCUT2D eigenvalue weighted by molar-refractivity contribution is -0.192. The van der Waals surface area contributed by atoms with E-state index in [1.54, 1.807) is 24.5 Å². The maximum absolute atomic E-state index is 12.0. The van der Waals surface area contributed by atoms with Crippen LogP contribution in [0.4, 0.5) is 13.2 Å². The third-order valence-electron chi connectivity index (χ3n) is 3.38. The topological polar surface area (TPSA) is 118 Å². The maximum atomic E-state index is 12.0. The predicted octanol–water partition coefficient (Wildman–Crippen LogP) is 3.24. The maximum Gasteiger partial charge on any atom is 0.490 e. The molecule has 3 aromatic rings. The van der Waals surface area contributed by atoms with Gasteiger partial charge in [-0.05, 0) is 31.2 Å². The number of carboxylic acids is 1. The average molecular weight is 411 g/mol. The summed E-state index contributed by atoms with van der Waals surface area (Å²) in [5.41, 5.74) is 1.02. The van der Waals surface area contributed by atoms with Crippen molar-refractivity contribution in [3.63, 3.8) is 0 Å². The summed E-state index contributed by atoms with van der Waals surface area (Å²) in [6.45, 7) is 2.36. The Morgan fingerprint density at radius 1 is 1.24 bits per heavy atom. The number of carbonyl (C=O) groups is 2. The number of aryl methyl sites for hydroxylation is 1. The van der Waals surface area contributed by atoms with Crippen molar-refractivity contribution in [2.75, 3.05) is 6.54 Å². The van der Waals surface area contributed by atoms with Crippen LogP contribution in [-0.2, 0) is 11.2 Å². The van der Waals surface area contributed by atoms with Gasteiger partial charge in [0.05, 0.1) is 0 Å². The quantitative estimate of drug-likeness (QED) is 0.662. The van der Waals surface area contributed by atoms with E-state index in [9.17, 15) is 18.0 Å². The monoisotopic (exact) mass is 411 g/mol. The molecule has 0 saturated carbocycles. The number of aromatic nitrogens is 2. The summed E-state index contributed by atoms with van der Waals surface area (Å²) in [6.07, 6.45) is -1.13. The number of amides is 1. The van der Waals surface area contributed by atoms with Gasteiger partial charge >= 0.3 is 12.1 Å². The molecular weight excluding hydrogens is 395 g/mol. The van der Waals surface area contributed by atoms with E-state index in [-0.39, 0.29) is 11.6 Å². The van der Waals surface area contributed by atoms with Gasteiger partial charge in [-0.3, -0.25) is 9.78 Å². The second-order valence-electron chi connectivity index (χ2n) is 5.64. The first-order valence-corrected chi connectivity index (χ1v) is 8.17. The molecule has 0 atom stereocenters. The smallest absolute Gasteiger partial charge is 0.475 e. The Hall–Kier alpha value is -3.63. The van der Waals surface area contributed by atoms with Crippen molar-refractivity contribution in [2.24, 2.45) is 0 Å². The molecule has 0 fully saturated rings. The number of furan rings is 1. The van der Waals surface area contributed by atoms with Crippen LogP contribution in [0.3, 0.4) is 0 Å². The van der Waals surface area contributed by atoms with Crippen LogP contribution in [0.1, 0.15) is 22.0 Å². The summed E-state index contributed by atoms with van der Waals surface area (Å²) in [5.74, 6) is -0.817. The summed E-state index contributed by atoms with van der Waals surface area (Å²) in [7, 11) is 0. The first-order valence-electron chi connectivity index (χ1n) is 8.17. The van der Waals surface area contributed by atoms with Gasteiger partial charge in [0, 0.05) is 37.0 Å². The zero-order valence-electron chi connectivity index (χ0n) is 15.1. The normalized spacial score (nSPS) is 10.8. The summed E-state index contributed by atoms with van der Waals surface area (Å²) in [5, 5.41) is 13.7. The molecule has 1 amide bonds. The number of nitrogens with one attached hydrogen (secondary N) is 1. The minimum Gasteiger partial charge on any atom is -0.475 e. The molecule has 0 radical (unpaired) electrons. The molecule has 3 aromatic heterocycles. The van der Waals surface area contributed by atoms with Gasteiger partial charge in [-0.2, -0.15) is 13.2 Å². The van der Waals surface area contributed by atoms with Crippen molar-refractivity contribution < 1.29 is 36.8 Å². The van der Waals surface area contributed by atoms with E-state index < -0.39 is 12.1 Å². The van der Waals surface area contributed by atoms with Gasteiger partial charge in [0.15, 0.2) is 11.5 Å². The molecule has 0 aliphatic carbocycles. The van der Waals surface area contributed by atoms with Gasteiger partial charge in [-0.1, -0.05) is 5.16 Å². The molecule has 29 heavy (non-hydrogen) atoms. The molecule has 0 unspecified atom stereocenters. The second kappa shape index (κ2) is 9.53. The van der Waals surface area contributed by atoms with Gasteiger partial charge in [-0.25, -0.2) is 4.79 Å². The van der Waals surface area contributed by atoms with Crippen molar-refractivity contribution in [3.8, 4) is 11.3 Å². The van der Waals surface area contributed by atoms with Crippen LogP contribution in [-0.4, -0.2) is 39.8 Å². The lowest BCUT2D eigenvalue weighted by Gasteiger charge is -2.00. The number of hydrogen-bond donors (Lipinski definition) is 2. The van der Waals surface area contributed by atoms with Crippen LogP contribution in [0.5, 0.6) is 0 Å². The Bertz CT molecular complexity index is 951. The van der Waals surface area contributed by atoms with Crippen molar-refractivity contribution in [1.82, 2.24) is 15.5 Å². The van der Waals surface area contributed by atoms with E-state index in [1.807, 2.05) is 25.1 Å². The number of hydrogen-bond acceptors (Lipinski definition) is 6. The average Bonchev–Trinajstić information content (AvgIpc) is 3.31. The van der Waals surface area contributed by atoms with Gasteiger partial charge in [0.25, 0.3) is 5.91 Å². The molecule has 0 aromatic carbocycles. The number of rotatable bonds is 5. The van der Waals surface area contributed by atoms with Crippen LogP contribution < -0.4 is 5.32 Å². The fourth-order valence-electron chi connectivity index (χ4n) is 2.04. The molecule has 154 valence electrons. The number of carboxylic acid groups (broad SMARTS) is 1. The highest BCUT2D eigenvalue weighted by Crippen LogP contribution is 2.18. The van der Waals surface area contributed by atoms with E-state index in [2.05, 4.69) is 15.5 Å². The van der Waals surface area contributed by atoms with E-state index >= 15 is 0 Å². The van der Waals surface area contributed by atoms with E-state index in [4.69, 9.17) is 18.8 Å². The van der Waals surface area contributed by atoms with Crippen LogP contribution in [0, 0.1) is 6.92 Å². The fraction of sp³-hybridized carbons (Fsp3) is 0.222. The highest BCUT2D eigenvalue weighted by atomic mass is 19.4. The highest BCUT2D eigenvalue weighted by molar-refractivity contribution is 5.93. The standard InChI is InChI=1S/C16H15N3O3.C2HF3O2/c1-11-4-5-13(21-11)6-8-18-16(20)14-9-15(22-19-14)12-3-2-7-17-10-12;3-2(4,5)1(6)7/h2-5,7,9-10H,6,8H2,1H3,(H,18,20);(H,6,7). The van der Waals surface area contributed by atoms with E-state index in [1.165, 1.54) is 0 Å². The summed E-state index contributed by atoms with van der Waals surface area (Å²) < 4.78 is 42.3. The number of halogens is 3. The van der Waals surface area contributed by atoms with Gasteiger partial charge in [-0.15, -0.1) is 0 Å². The largest absolute Gasteiger partial charge is 0.490 e. The number of alkyl halides is 3. The molecule has 0 saturated heterocycles. The van der Waals surface area contributed by atoms with Crippen LogP contribution in [0.15, 0.2) is 51.7 Å². The minimum atomic E-state index is -5.08. The molecular formula is C18H16F3N3O5. The first-order chi connectivity index (χ1) is 13.7. The zero-order chi connectivity index (χ0) is 21.4. The predicted molar refractivity (Wildman–Crippen MR) is 92.9 cm³/mol. The SMILES string of the molecule is Cc1ccc(CCNC(=O)c2cc(-c3cccnc3)on2)o1.O=C(O)C(F)(F)F. The molecule has 3 rings (SSSR count). The van der Waals surface area contributed by atoms with Crippen LogP contribution in [0.25, 0.3) is 11.3 Å². The van der Waals surface area contributed by atoms with Crippen molar-refractivity contribution in [3.05, 3.63) is 59.9 Å². The third kappa shape index (κ3) is 6.79. The minimum absolute atomic E-state index is 0.245. The van der Waals surface area contributed by atoms with E-state index in [0.29, 0.717) is 18.7 Å². The molecule has 3 heterocycles. The Morgan fingerprint density at radius 2 is 1.97 bits per heavy atom. The lowest BCUT2D eigenvalue weighted by Crippen LogP contribution is -2.25. The molecule has 0 spiro atoms. The summed E-state index contributed by atoms with van der Waals surface area (Å²) >= 11 is 0. The van der Waals surface area contributed by atoms with Gasteiger partial charge in [0.2, 0.25) is 0 Å². The van der Waals surface area contributed by atoms with Crippen molar-refractivity contribution in [1.29, 1.82) is 0 Å².